The van der Waals surface area contributed by atoms with Crippen molar-refractivity contribution >= 4 is 12.6 Å². The lowest BCUT2D eigenvalue weighted by Crippen LogP contribution is -2.40. The fourth-order valence-electron chi connectivity index (χ4n) is 2.14. The molecule has 1 nitrogen and oxygen atoms in total. The molecule has 1 fully saturated rings. The van der Waals surface area contributed by atoms with Gasteiger partial charge >= 0.3 is 0 Å². The third-order valence-corrected chi connectivity index (χ3v) is 2.96. The summed E-state index contributed by atoms with van der Waals surface area (Å²) in [4.78, 5) is 2.62. The van der Waals surface area contributed by atoms with Crippen LogP contribution in [0, 0.1) is 0 Å². The largest absolute Gasteiger partial charge is 0.300 e. The molecule has 72 valence electrons. The predicted octanol–water partition coefficient (Wildman–Crippen LogP) is 2.57. The van der Waals surface area contributed by atoms with Crippen LogP contribution in [0.5, 0.6) is 0 Å². The lowest BCUT2D eigenvalue weighted by atomic mass is 9.98. The minimum Gasteiger partial charge on any atom is -0.300 e. The summed E-state index contributed by atoms with van der Waals surface area (Å²) >= 11 is 4.30. The maximum Gasteiger partial charge on any atom is 0.00954 e. The van der Waals surface area contributed by atoms with Crippen molar-refractivity contribution in [2.24, 2.45) is 0 Å². The van der Waals surface area contributed by atoms with Crippen molar-refractivity contribution < 1.29 is 0 Å². The Morgan fingerprint density at radius 2 is 2.25 bits per heavy atom. The third kappa shape index (κ3) is 2.98. The zero-order chi connectivity index (χ0) is 8.81. The summed E-state index contributed by atoms with van der Waals surface area (Å²) in [5.41, 5.74) is 0. The first-order valence-corrected chi connectivity index (χ1v) is 5.86. The summed E-state index contributed by atoms with van der Waals surface area (Å²) in [6.07, 6.45) is 6.96. The number of hydrogen-bond acceptors (Lipinski definition) is 2. The minimum atomic E-state index is 0.871. The number of likely N-dealkylation sites (tertiary alicyclic amines) is 1. The van der Waals surface area contributed by atoms with E-state index in [0.717, 1.165) is 11.8 Å². The lowest BCUT2D eigenvalue weighted by molar-refractivity contribution is 0.149. The molecule has 1 saturated heterocycles. The van der Waals surface area contributed by atoms with Crippen molar-refractivity contribution in [1.29, 1.82) is 0 Å². The van der Waals surface area contributed by atoms with Crippen LogP contribution in [0.15, 0.2) is 0 Å². The van der Waals surface area contributed by atoms with Crippen LogP contribution in [0.1, 0.15) is 39.0 Å². The van der Waals surface area contributed by atoms with E-state index in [-0.39, 0.29) is 0 Å². The van der Waals surface area contributed by atoms with Crippen LogP contribution in [0.4, 0.5) is 0 Å². The van der Waals surface area contributed by atoms with Crippen LogP contribution in [-0.4, -0.2) is 29.8 Å². The number of rotatable bonds is 4. The van der Waals surface area contributed by atoms with E-state index < -0.39 is 0 Å². The van der Waals surface area contributed by atoms with Crippen LogP contribution in [0.2, 0.25) is 0 Å². The second-order valence-electron chi connectivity index (χ2n) is 3.70. The first-order valence-electron chi connectivity index (χ1n) is 5.23. The molecule has 1 unspecified atom stereocenters. The van der Waals surface area contributed by atoms with E-state index in [1.807, 2.05) is 0 Å². The summed E-state index contributed by atoms with van der Waals surface area (Å²) < 4.78 is 0. The summed E-state index contributed by atoms with van der Waals surface area (Å²) in [7, 11) is 0. The van der Waals surface area contributed by atoms with E-state index in [1.54, 1.807) is 0 Å². The summed E-state index contributed by atoms with van der Waals surface area (Å²) in [5.74, 6) is 1.01. The van der Waals surface area contributed by atoms with Gasteiger partial charge in [-0.1, -0.05) is 19.8 Å². The molecule has 1 atom stereocenters. The Balaban J connectivity index is 2.31. The van der Waals surface area contributed by atoms with Crippen LogP contribution >= 0.6 is 12.6 Å². The molecule has 0 amide bonds. The fraction of sp³-hybridized carbons (Fsp3) is 1.00. The number of piperidine rings is 1. The second kappa shape index (κ2) is 5.87. The Morgan fingerprint density at radius 1 is 1.42 bits per heavy atom. The van der Waals surface area contributed by atoms with Gasteiger partial charge in [-0.05, 0) is 25.8 Å². The molecular formula is C10H21NS. The van der Waals surface area contributed by atoms with Crippen molar-refractivity contribution in [1.82, 2.24) is 4.90 Å². The van der Waals surface area contributed by atoms with E-state index in [0.29, 0.717) is 0 Å². The van der Waals surface area contributed by atoms with Gasteiger partial charge in [0.15, 0.2) is 0 Å². The highest BCUT2D eigenvalue weighted by molar-refractivity contribution is 7.80. The van der Waals surface area contributed by atoms with Crippen LogP contribution in [0.3, 0.4) is 0 Å². The van der Waals surface area contributed by atoms with Crippen molar-refractivity contribution in [3.05, 3.63) is 0 Å². The molecule has 1 heterocycles. The first-order chi connectivity index (χ1) is 5.88. The van der Waals surface area contributed by atoms with Gasteiger partial charge in [0, 0.05) is 18.3 Å². The average Bonchev–Trinajstić information content (AvgIpc) is 2.09. The van der Waals surface area contributed by atoms with Gasteiger partial charge in [0.2, 0.25) is 0 Å². The predicted molar refractivity (Wildman–Crippen MR) is 58.0 cm³/mol. The normalized spacial score (nSPS) is 26.0. The molecule has 2 heteroatoms. The van der Waals surface area contributed by atoms with Crippen LogP contribution in [0.25, 0.3) is 0 Å². The smallest absolute Gasteiger partial charge is 0.00954 e. The van der Waals surface area contributed by atoms with Gasteiger partial charge in [-0.25, -0.2) is 0 Å². The van der Waals surface area contributed by atoms with Gasteiger partial charge in [-0.15, -0.1) is 0 Å². The number of nitrogens with zero attached hydrogens (tertiary/aromatic N) is 1. The van der Waals surface area contributed by atoms with E-state index in [2.05, 4.69) is 24.5 Å². The minimum absolute atomic E-state index is 0.871. The van der Waals surface area contributed by atoms with Crippen LogP contribution < -0.4 is 0 Å². The molecule has 0 aliphatic carbocycles. The Kier molecular flexibility index (Phi) is 5.08. The van der Waals surface area contributed by atoms with E-state index in [9.17, 15) is 0 Å². The van der Waals surface area contributed by atoms with Crippen molar-refractivity contribution in [3.8, 4) is 0 Å². The molecule has 0 spiro atoms. The topological polar surface area (TPSA) is 3.24 Å². The Morgan fingerprint density at radius 3 is 2.92 bits per heavy atom. The first kappa shape index (κ1) is 10.4. The molecule has 0 radical (unpaired) electrons. The molecule has 0 saturated carbocycles. The summed E-state index contributed by atoms with van der Waals surface area (Å²) in [6.45, 7) is 4.78. The monoisotopic (exact) mass is 187 g/mol. The zero-order valence-electron chi connectivity index (χ0n) is 8.13. The van der Waals surface area contributed by atoms with Gasteiger partial charge in [0.25, 0.3) is 0 Å². The van der Waals surface area contributed by atoms with E-state index in [1.165, 1.54) is 45.2 Å². The van der Waals surface area contributed by atoms with E-state index >= 15 is 0 Å². The van der Waals surface area contributed by atoms with Gasteiger partial charge in [0.05, 0.1) is 0 Å². The highest BCUT2D eigenvalue weighted by Gasteiger charge is 2.19. The van der Waals surface area contributed by atoms with Crippen molar-refractivity contribution in [2.75, 3.05) is 18.8 Å². The third-order valence-electron chi connectivity index (χ3n) is 2.76. The maximum atomic E-state index is 4.30. The molecule has 0 aromatic carbocycles. The highest BCUT2D eigenvalue weighted by atomic mass is 32.1. The van der Waals surface area contributed by atoms with E-state index in [4.69, 9.17) is 0 Å². The maximum absolute atomic E-state index is 4.30. The molecular weight excluding hydrogens is 166 g/mol. The molecule has 12 heavy (non-hydrogen) atoms. The SMILES string of the molecule is CCCC1CCCCN1CCS. The van der Waals surface area contributed by atoms with Gasteiger partial charge in [-0.2, -0.15) is 12.6 Å². The van der Waals surface area contributed by atoms with Gasteiger partial charge in [0.1, 0.15) is 0 Å². The molecule has 0 bridgehead atoms. The molecule has 0 aromatic heterocycles. The van der Waals surface area contributed by atoms with Gasteiger partial charge in [-0.3, -0.25) is 4.90 Å². The van der Waals surface area contributed by atoms with Crippen LogP contribution in [-0.2, 0) is 0 Å². The summed E-state index contributed by atoms with van der Waals surface area (Å²) in [5, 5.41) is 0. The summed E-state index contributed by atoms with van der Waals surface area (Å²) in [6, 6.07) is 0.871. The molecule has 0 N–H and O–H groups in total. The fourth-order valence-corrected chi connectivity index (χ4v) is 2.40. The number of thiol groups is 1. The Labute approximate surface area is 81.9 Å². The Hall–Kier alpha value is 0.310. The van der Waals surface area contributed by atoms with Gasteiger partial charge < -0.3 is 0 Å². The van der Waals surface area contributed by atoms with Crippen molar-refractivity contribution in [3.63, 3.8) is 0 Å². The highest BCUT2D eigenvalue weighted by Crippen LogP contribution is 2.20. The average molecular weight is 187 g/mol. The zero-order valence-corrected chi connectivity index (χ0v) is 9.02. The molecule has 1 rings (SSSR count). The Bertz CT molecular complexity index is 98.4. The lowest BCUT2D eigenvalue weighted by Gasteiger charge is -2.35. The van der Waals surface area contributed by atoms with Crippen molar-refractivity contribution in [2.45, 2.75) is 45.1 Å². The standard InChI is InChI=1S/C10H21NS/c1-2-5-10-6-3-4-7-11(10)8-9-12/h10,12H,2-9H2,1H3. The quantitative estimate of drug-likeness (QED) is 0.662. The molecule has 1 aliphatic heterocycles. The second-order valence-corrected chi connectivity index (χ2v) is 4.15. The molecule has 1 aliphatic rings. The number of hydrogen-bond donors (Lipinski definition) is 1. The molecule has 0 aromatic rings.